The predicted molar refractivity (Wildman–Crippen MR) is 362 cm³/mol. The van der Waals surface area contributed by atoms with E-state index in [0.717, 1.165) is 11.4 Å². The van der Waals surface area contributed by atoms with Crippen LogP contribution in [0.25, 0.3) is 63.8 Å². The number of benzene rings is 13. The molecule has 0 bridgehead atoms. The van der Waals surface area contributed by atoms with Gasteiger partial charge in [0.05, 0.1) is 0 Å². The van der Waals surface area contributed by atoms with Crippen LogP contribution in [0.3, 0.4) is 0 Å². The van der Waals surface area contributed by atoms with Crippen molar-refractivity contribution in [3.63, 3.8) is 0 Å². The molecule has 0 saturated carbocycles. The van der Waals surface area contributed by atoms with Gasteiger partial charge in [-0.1, -0.05) is 0 Å². The summed E-state index contributed by atoms with van der Waals surface area (Å²) in [5.74, 6) is 0. The number of nitrogens with zero attached hydrogens (tertiary/aromatic N) is 4. The molecule has 6 heterocycles. The van der Waals surface area contributed by atoms with Crippen LogP contribution in [0.2, 0.25) is 0 Å². The maximum atomic E-state index is 2.80. The van der Waals surface area contributed by atoms with E-state index < -0.39 is 0 Å². The summed E-state index contributed by atoms with van der Waals surface area (Å²) in [6.07, 6.45) is 0. The quantitative estimate of drug-likeness (QED) is 0.154. The second-order valence-corrected chi connectivity index (χ2v) is 25.3. The van der Waals surface area contributed by atoms with Gasteiger partial charge in [-0.25, -0.2) is 0 Å². The van der Waals surface area contributed by atoms with E-state index in [-0.39, 0.29) is 27.9 Å². The summed E-state index contributed by atoms with van der Waals surface area (Å²) in [6.45, 7) is -0.216. The molecule has 0 aliphatic carbocycles. The Labute approximate surface area is 500 Å². The van der Waals surface area contributed by atoms with Crippen molar-refractivity contribution in [2.24, 2.45) is 0 Å². The minimum atomic E-state index is -0.138. The van der Waals surface area contributed by atoms with Gasteiger partial charge in [0, 0.05) is 0 Å². The van der Waals surface area contributed by atoms with Crippen LogP contribution in [0.15, 0.2) is 291 Å². The fourth-order valence-corrected chi connectivity index (χ4v) is 17.8. The third-order valence-corrected chi connectivity index (χ3v) is 21.3. The van der Waals surface area contributed by atoms with Crippen molar-refractivity contribution in [3.05, 3.63) is 291 Å². The molecule has 19 rings (SSSR count). The standard InChI is InChI=1S/C78H48B2N4Se/c1-7-23-49(24-8-1)57-45-67-71-69(47-57)83-73-61(79(71)63-41-53-31-19-21-33-55(53)43-65(63)81(67)59-35-15-5-16-36-59)39-40-62-74(73)84(76-75(83)77(51-27-11-3-12-28-51)85-78(76)52-29-13-4-14-30-52)70-48-58(50-25-9-2-10-26-50)46-68-72(70)80(62)64-42-54-32-20-22-34-56(54)44-66(64)82(68)60-37-17-6-18-38-60/h1-48H. The zero-order chi connectivity index (χ0) is 55.4. The average molecular weight is 1140 g/mol. The molecule has 5 aliphatic rings. The molecule has 13 aromatic carbocycles. The van der Waals surface area contributed by atoms with Crippen LogP contribution in [0.1, 0.15) is 0 Å². The molecule has 4 nitrogen and oxygen atoms in total. The Morgan fingerprint density at radius 3 is 0.894 bits per heavy atom. The Hall–Kier alpha value is -10.3. The van der Waals surface area contributed by atoms with Crippen LogP contribution < -0.4 is 52.4 Å². The molecule has 0 unspecified atom stereocenters. The molecule has 0 radical (unpaired) electrons. The van der Waals surface area contributed by atoms with E-state index in [9.17, 15) is 0 Å². The van der Waals surface area contributed by atoms with Crippen LogP contribution in [0.4, 0.5) is 68.2 Å². The van der Waals surface area contributed by atoms with Crippen LogP contribution in [-0.2, 0) is 0 Å². The summed E-state index contributed by atoms with van der Waals surface area (Å²) in [6, 6.07) is 110. The third-order valence-electron chi connectivity index (χ3n) is 18.6. The number of fused-ring (bicyclic) bond motifs is 13. The van der Waals surface area contributed by atoms with Crippen molar-refractivity contribution >= 4 is 150 Å². The van der Waals surface area contributed by atoms with Crippen molar-refractivity contribution in [3.8, 4) is 42.3 Å². The van der Waals surface area contributed by atoms with E-state index in [4.69, 9.17) is 0 Å². The van der Waals surface area contributed by atoms with Gasteiger partial charge in [0.1, 0.15) is 0 Å². The number of hydrogen-bond acceptors (Lipinski definition) is 4. The van der Waals surface area contributed by atoms with Gasteiger partial charge in [-0.2, -0.15) is 0 Å². The SMILES string of the molecule is c1ccc(-c2cc3c4c(c2)N2c5c(ccc6c5N(c5cc(-c7ccccc7)cc7c5B6c5cc6ccccc6cc5N7c5ccccc5)c5c(-c6ccccc6)[se]c(-c6ccccc6)c52)B4c2cc4ccccc4cc2N3c2ccccc2)cc1. The molecular weight excluding hydrogens is 1090 g/mol. The molecule has 0 atom stereocenters. The van der Waals surface area contributed by atoms with Crippen molar-refractivity contribution in [2.75, 3.05) is 19.6 Å². The molecule has 0 N–H and O–H groups in total. The molecule has 7 heteroatoms. The van der Waals surface area contributed by atoms with Gasteiger partial charge >= 0.3 is 504 Å². The first-order chi connectivity index (χ1) is 42.2. The summed E-state index contributed by atoms with van der Waals surface area (Å²) >= 11 is -0.138. The van der Waals surface area contributed by atoms with Gasteiger partial charge in [-0.05, 0) is 0 Å². The van der Waals surface area contributed by atoms with Gasteiger partial charge in [-0.15, -0.1) is 0 Å². The molecule has 5 aliphatic heterocycles. The zero-order valence-electron chi connectivity index (χ0n) is 46.1. The molecule has 0 amide bonds. The van der Waals surface area contributed by atoms with Crippen LogP contribution in [0, 0.1) is 0 Å². The Balaban J connectivity index is 1.01. The maximum absolute atomic E-state index is 2.80. The Bertz CT molecular complexity index is 4780. The zero-order valence-corrected chi connectivity index (χ0v) is 47.8. The Morgan fingerprint density at radius 1 is 0.224 bits per heavy atom. The number of para-hydroxylation sites is 2. The number of hydrogen-bond donors (Lipinski definition) is 0. The van der Waals surface area contributed by atoms with Crippen molar-refractivity contribution in [2.45, 2.75) is 0 Å². The van der Waals surface area contributed by atoms with Gasteiger partial charge in [0.2, 0.25) is 0 Å². The first kappa shape index (κ1) is 47.2. The van der Waals surface area contributed by atoms with Crippen molar-refractivity contribution in [1.82, 2.24) is 0 Å². The van der Waals surface area contributed by atoms with E-state index in [1.54, 1.807) is 0 Å². The van der Waals surface area contributed by atoms with Gasteiger partial charge < -0.3 is 0 Å². The van der Waals surface area contributed by atoms with Crippen LogP contribution >= 0.6 is 0 Å². The molecule has 85 heavy (non-hydrogen) atoms. The Kier molecular flexibility index (Phi) is 10.1. The van der Waals surface area contributed by atoms with Crippen LogP contribution in [-0.4, -0.2) is 27.9 Å². The van der Waals surface area contributed by atoms with E-state index in [0.29, 0.717) is 0 Å². The van der Waals surface area contributed by atoms with Crippen LogP contribution in [0.5, 0.6) is 0 Å². The van der Waals surface area contributed by atoms with Crippen molar-refractivity contribution < 1.29 is 0 Å². The van der Waals surface area contributed by atoms with E-state index in [2.05, 4.69) is 311 Å². The number of rotatable bonds is 6. The normalized spacial score (nSPS) is 13.5. The molecule has 0 saturated heterocycles. The Morgan fingerprint density at radius 2 is 0.529 bits per heavy atom. The molecule has 1 aromatic heterocycles. The van der Waals surface area contributed by atoms with Gasteiger partial charge in [0.15, 0.2) is 0 Å². The summed E-state index contributed by atoms with van der Waals surface area (Å²) in [7, 11) is 0. The fourth-order valence-electron chi connectivity index (χ4n) is 15.1. The molecule has 0 fully saturated rings. The minimum absolute atomic E-state index is 0.108. The predicted octanol–water partition coefficient (Wildman–Crippen LogP) is 16.2. The second kappa shape index (κ2) is 18.1. The van der Waals surface area contributed by atoms with Gasteiger partial charge in [0.25, 0.3) is 0 Å². The van der Waals surface area contributed by atoms with E-state index >= 15 is 0 Å². The second-order valence-electron chi connectivity index (χ2n) is 23.1. The summed E-state index contributed by atoms with van der Waals surface area (Å²) in [5, 5.41) is 4.93. The molecule has 14 aromatic rings. The average Bonchev–Trinajstić information content (AvgIpc) is 1.64. The molecular formula is C78H48B2N4Se. The topological polar surface area (TPSA) is 13.0 Å². The summed E-state index contributed by atoms with van der Waals surface area (Å²) in [4.78, 5) is 10.7. The molecule has 392 valence electrons. The summed E-state index contributed by atoms with van der Waals surface area (Å²) < 4.78 is 2.75. The fraction of sp³-hybridized carbons (Fsp3) is 0. The monoisotopic (exact) mass is 1140 g/mol. The first-order valence-electron chi connectivity index (χ1n) is 29.5. The third kappa shape index (κ3) is 6.76. The van der Waals surface area contributed by atoms with Gasteiger partial charge in [-0.3, -0.25) is 0 Å². The number of anilines is 12. The first-order valence-corrected chi connectivity index (χ1v) is 31.2. The van der Waals surface area contributed by atoms with Crippen molar-refractivity contribution in [1.29, 1.82) is 0 Å². The molecule has 0 spiro atoms. The summed E-state index contributed by atoms with van der Waals surface area (Å²) in [5.41, 5.74) is 29.8. The van der Waals surface area contributed by atoms with E-state index in [1.807, 2.05) is 0 Å². The van der Waals surface area contributed by atoms with E-state index in [1.165, 1.54) is 153 Å².